The van der Waals surface area contributed by atoms with Gasteiger partial charge in [0, 0.05) is 31.6 Å². The zero-order valence-corrected chi connectivity index (χ0v) is 21.5. The first-order valence-corrected chi connectivity index (χ1v) is 13.0. The molecule has 1 spiro atoms. The van der Waals surface area contributed by atoms with Crippen LogP contribution in [-0.4, -0.2) is 81.6 Å². The van der Waals surface area contributed by atoms with Crippen LogP contribution in [0, 0.1) is 13.8 Å². The quantitative estimate of drug-likeness (QED) is 0.606. The van der Waals surface area contributed by atoms with E-state index in [0.717, 1.165) is 16.7 Å². The number of ether oxygens (including phenoxy) is 1. The van der Waals surface area contributed by atoms with Gasteiger partial charge in [-0.2, -0.15) is 0 Å². The Balaban J connectivity index is 1.35. The molecule has 2 aliphatic carbocycles. The third-order valence-corrected chi connectivity index (χ3v) is 9.79. The minimum absolute atomic E-state index is 0.0128. The zero-order valence-electron chi connectivity index (χ0n) is 21.5. The highest BCUT2D eigenvalue weighted by Gasteiger charge is 2.76. The molecule has 6 atom stereocenters. The molecule has 1 amide bonds. The number of hydrogen-bond acceptors (Lipinski definition) is 6. The molecule has 0 radical (unpaired) electrons. The number of piperidine rings is 1. The van der Waals surface area contributed by atoms with Crippen molar-refractivity contribution in [1.82, 2.24) is 9.80 Å². The molecule has 2 fully saturated rings. The van der Waals surface area contributed by atoms with Crippen LogP contribution >= 0.6 is 0 Å². The minimum atomic E-state index is -1.21. The highest BCUT2D eigenvalue weighted by Crippen LogP contribution is 2.65. The Bertz CT molecular complexity index is 1250. The zero-order chi connectivity index (χ0) is 25.6. The second-order valence-electron chi connectivity index (χ2n) is 11.5. The van der Waals surface area contributed by atoms with Crippen molar-refractivity contribution >= 4 is 5.91 Å². The first-order chi connectivity index (χ1) is 17.1. The molecule has 0 aromatic heterocycles. The van der Waals surface area contributed by atoms with Crippen LogP contribution in [0.2, 0.25) is 0 Å². The first kappa shape index (κ1) is 23.8. The number of likely N-dealkylation sites (N-methyl/N-ethyl adjacent to an activating group) is 2. The Kier molecular flexibility index (Phi) is 5.24. The summed E-state index contributed by atoms with van der Waals surface area (Å²) in [6.07, 6.45) is 1.14. The SMILES string of the molecule is Cc1ccc(CCC(=O)N(C)C2CC[C@@]3(O)[C@H]4Cc5ccc(O)c6c5[C@@]3(C(O)CN4C)C2O6)cc1C. The Morgan fingerprint density at radius 1 is 1.22 bits per heavy atom. The fourth-order valence-electron chi connectivity index (χ4n) is 7.79. The monoisotopic (exact) mass is 492 g/mol. The van der Waals surface area contributed by atoms with Gasteiger partial charge >= 0.3 is 0 Å². The number of aromatic hydroxyl groups is 1. The van der Waals surface area contributed by atoms with Gasteiger partial charge in [-0.15, -0.1) is 0 Å². The molecule has 7 nitrogen and oxygen atoms in total. The molecule has 3 unspecified atom stereocenters. The van der Waals surface area contributed by atoms with E-state index in [9.17, 15) is 20.1 Å². The van der Waals surface area contributed by atoms with Crippen LogP contribution < -0.4 is 4.74 Å². The van der Waals surface area contributed by atoms with Crippen LogP contribution in [0.1, 0.15) is 47.1 Å². The molecule has 2 aromatic rings. The van der Waals surface area contributed by atoms with Crippen molar-refractivity contribution in [3.63, 3.8) is 0 Å². The number of nitrogens with zero attached hydrogens (tertiary/aromatic N) is 2. The Labute approximate surface area is 212 Å². The van der Waals surface area contributed by atoms with Crippen molar-refractivity contribution < 1.29 is 24.9 Å². The van der Waals surface area contributed by atoms with Crippen LogP contribution in [-0.2, 0) is 23.1 Å². The number of carbonyl (C=O) groups is 1. The van der Waals surface area contributed by atoms with Crippen molar-refractivity contribution in [1.29, 1.82) is 0 Å². The number of amides is 1. The molecule has 3 N–H and O–H groups in total. The number of aryl methyl sites for hydroxylation is 3. The number of rotatable bonds is 4. The predicted octanol–water partition coefficient (Wildman–Crippen LogP) is 2.22. The molecule has 192 valence electrons. The van der Waals surface area contributed by atoms with E-state index in [1.165, 1.54) is 11.1 Å². The first-order valence-electron chi connectivity index (χ1n) is 13.0. The van der Waals surface area contributed by atoms with Gasteiger partial charge < -0.3 is 25.0 Å². The largest absolute Gasteiger partial charge is 0.504 e. The highest BCUT2D eigenvalue weighted by atomic mass is 16.5. The van der Waals surface area contributed by atoms with Gasteiger partial charge in [0.05, 0.1) is 23.2 Å². The molecule has 1 saturated carbocycles. The lowest BCUT2D eigenvalue weighted by Crippen LogP contribution is -2.82. The number of likely N-dealkylation sites (tertiary alicyclic amines) is 1. The molecule has 2 aromatic carbocycles. The van der Waals surface area contributed by atoms with Gasteiger partial charge in [-0.25, -0.2) is 0 Å². The summed E-state index contributed by atoms with van der Waals surface area (Å²) in [5.41, 5.74) is 3.03. The van der Waals surface area contributed by atoms with E-state index in [4.69, 9.17) is 4.74 Å². The van der Waals surface area contributed by atoms with Crippen LogP contribution in [0.4, 0.5) is 0 Å². The maximum Gasteiger partial charge on any atom is 0.223 e. The summed E-state index contributed by atoms with van der Waals surface area (Å²) >= 11 is 0. The fraction of sp³-hybridized carbons (Fsp3) is 0.552. The van der Waals surface area contributed by atoms with Crippen molar-refractivity contribution in [2.24, 2.45) is 0 Å². The molecule has 2 heterocycles. The van der Waals surface area contributed by atoms with Gasteiger partial charge in [-0.3, -0.25) is 9.69 Å². The van der Waals surface area contributed by atoms with Gasteiger partial charge in [-0.05, 0) is 74.9 Å². The normalized spacial score (nSPS) is 34.2. The lowest BCUT2D eigenvalue weighted by Gasteiger charge is -2.65. The Morgan fingerprint density at radius 3 is 2.75 bits per heavy atom. The summed E-state index contributed by atoms with van der Waals surface area (Å²) in [7, 11) is 3.76. The van der Waals surface area contributed by atoms with Gasteiger partial charge in [0.2, 0.25) is 5.91 Å². The molecular weight excluding hydrogens is 456 g/mol. The van der Waals surface area contributed by atoms with E-state index in [0.29, 0.717) is 44.4 Å². The average molecular weight is 493 g/mol. The van der Waals surface area contributed by atoms with Crippen LogP contribution in [0.5, 0.6) is 11.5 Å². The molecule has 36 heavy (non-hydrogen) atoms. The molecule has 2 aliphatic heterocycles. The number of aliphatic hydroxyl groups is 2. The number of benzene rings is 2. The molecule has 1 saturated heterocycles. The Morgan fingerprint density at radius 2 is 2.00 bits per heavy atom. The number of hydrogen-bond donors (Lipinski definition) is 3. The van der Waals surface area contributed by atoms with E-state index in [-0.39, 0.29) is 23.7 Å². The average Bonchev–Trinajstić information content (AvgIpc) is 3.22. The summed E-state index contributed by atoms with van der Waals surface area (Å²) in [5.74, 6) is 0.395. The van der Waals surface area contributed by atoms with Gasteiger partial charge in [-0.1, -0.05) is 24.3 Å². The summed E-state index contributed by atoms with van der Waals surface area (Å²) < 4.78 is 6.47. The maximum atomic E-state index is 13.4. The summed E-state index contributed by atoms with van der Waals surface area (Å²) in [6.45, 7) is 4.56. The number of carbonyl (C=O) groups excluding carboxylic acids is 1. The predicted molar refractivity (Wildman–Crippen MR) is 135 cm³/mol. The molecule has 2 bridgehead atoms. The lowest BCUT2D eigenvalue weighted by molar-refractivity contribution is -0.232. The van der Waals surface area contributed by atoms with Crippen LogP contribution in [0.15, 0.2) is 30.3 Å². The molecule has 4 aliphatic rings. The fourth-order valence-corrected chi connectivity index (χ4v) is 7.79. The maximum absolute atomic E-state index is 13.4. The second-order valence-corrected chi connectivity index (χ2v) is 11.5. The van der Waals surface area contributed by atoms with E-state index in [2.05, 4.69) is 36.9 Å². The highest BCUT2D eigenvalue weighted by molar-refractivity contribution is 5.77. The van der Waals surface area contributed by atoms with Crippen molar-refractivity contribution in [2.75, 3.05) is 20.6 Å². The molecule has 6 rings (SSSR count). The second kappa shape index (κ2) is 7.94. The number of phenols is 1. The third-order valence-electron chi connectivity index (χ3n) is 9.79. The number of aliphatic hydroxyl groups excluding tert-OH is 1. The minimum Gasteiger partial charge on any atom is -0.504 e. The van der Waals surface area contributed by atoms with Crippen molar-refractivity contribution in [3.05, 3.63) is 58.1 Å². The summed E-state index contributed by atoms with van der Waals surface area (Å²) in [4.78, 5) is 17.2. The van der Waals surface area contributed by atoms with Crippen LogP contribution in [0.25, 0.3) is 0 Å². The van der Waals surface area contributed by atoms with E-state index >= 15 is 0 Å². The van der Waals surface area contributed by atoms with E-state index < -0.39 is 23.2 Å². The van der Waals surface area contributed by atoms with Gasteiger partial charge in [0.15, 0.2) is 11.5 Å². The van der Waals surface area contributed by atoms with Gasteiger partial charge in [0.1, 0.15) is 6.10 Å². The van der Waals surface area contributed by atoms with Crippen LogP contribution in [0.3, 0.4) is 0 Å². The van der Waals surface area contributed by atoms with Crippen molar-refractivity contribution in [3.8, 4) is 11.5 Å². The number of phenolic OH excluding ortho intramolecular Hbond substituents is 1. The summed E-state index contributed by atoms with van der Waals surface area (Å²) in [5, 5.41) is 34.7. The van der Waals surface area contributed by atoms with E-state index in [1.807, 2.05) is 20.2 Å². The Hall–Kier alpha value is -2.61. The lowest BCUT2D eigenvalue weighted by atomic mass is 9.47. The van der Waals surface area contributed by atoms with Crippen molar-refractivity contribution in [2.45, 2.75) is 81.3 Å². The molecule has 7 heteroatoms. The topological polar surface area (TPSA) is 93.5 Å². The standard InChI is InChI=1S/C29H36N2O5/c1-16-5-6-18(13-17(16)2)7-10-24(34)31(4)20-11-12-28(35)22-14-19-8-9-21(32)26-25(19)29(28,27(20)36-26)23(33)15-30(22)3/h5-6,8-9,13,20,22-23,27,32-33,35H,7,10-12,14-15H2,1-4H3/t20?,22-,23?,27?,28-,29+/m1/s1. The van der Waals surface area contributed by atoms with E-state index in [1.54, 1.807) is 11.0 Å². The molecular formula is C29H36N2O5. The number of β-amino-alcohol motifs (C(OH)–C–C–N with tert-alkyl or cyclic N) is 1. The smallest absolute Gasteiger partial charge is 0.223 e. The van der Waals surface area contributed by atoms with Gasteiger partial charge in [0.25, 0.3) is 0 Å². The third kappa shape index (κ3) is 2.93. The summed E-state index contributed by atoms with van der Waals surface area (Å²) in [6, 6.07) is 9.35.